The molecule has 0 spiro atoms. The molecule has 0 heterocycles. The summed E-state index contributed by atoms with van der Waals surface area (Å²) >= 11 is 0. The second-order valence-corrected chi connectivity index (χ2v) is 4.02. The topological polar surface area (TPSA) is 20.2 Å². The first-order valence-electron chi connectivity index (χ1n) is 6.11. The van der Waals surface area contributed by atoms with Crippen molar-refractivity contribution in [1.29, 1.82) is 0 Å². The number of benzene rings is 2. The van der Waals surface area contributed by atoms with E-state index in [1.54, 1.807) is 6.07 Å². The Morgan fingerprint density at radius 3 is 2.35 bits per heavy atom. The molecule has 0 aromatic heterocycles. The van der Waals surface area contributed by atoms with E-state index in [2.05, 4.69) is 29.6 Å². The molecule has 2 aromatic carbocycles. The van der Waals surface area contributed by atoms with Crippen LogP contribution in [0.15, 0.2) is 54.6 Å². The van der Waals surface area contributed by atoms with Gasteiger partial charge in [-0.15, -0.1) is 6.42 Å². The van der Waals surface area contributed by atoms with Gasteiger partial charge in [0.2, 0.25) is 0 Å². The Morgan fingerprint density at radius 1 is 0.900 bits per heavy atom. The molecule has 0 radical (unpaired) electrons. The van der Waals surface area contributed by atoms with E-state index in [1.165, 1.54) is 0 Å². The van der Waals surface area contributed by atoms with Gasteiger partial charge in [0, 0.05) is 16.7 Å². The summed E-state index contributed by atoms with van der Waals surface area (Å²) in [6, 6.07) is 17.0. The number of aliphatic hydroxyl groups excluding tert-OH is 1. The van der Waals surface area contributed by atoms with Crippen molar-refractivity contribution in [2.24, 2.45) is 0 Å². The van der Waals surface area contributed by atoms with Crippen LogP contribution in [0, 0.1) is 36.0 Å². The van der Waals surface area contributed by atoms with E-state index in [4.69, 9.17) is 6.42 Å². The zero-order chi connectivity index (χ0) is 14.2. The van der Waals surface area contributed by atoms with Crippen LogP contribution in [0.25, 0.3) is 0 Å². The van der Waals surface area contributed by atoms with Gasteiger partial charge in [0.1, 0.15) is 6.10 Å². The smallest absolute Gasteiger partial charge is 0.142 e. The van der Waals surface area contributed by atoms with Crippen molar-refractivity contribution in [2.45, 2.75) is 6.10 Å². The molecule has 1 heteroatoms. The van der Waals surface area contributed by atoms with Crippen LogP contribution in [0.3, 0.4) is 0 Å². The van der Waals surface area contributed by atoms with Crippen molar-refractivity contribution in [3.63, 3.8) is 0 Å². The van der Waals surface area contributed by atoms with Gasteiger partial charge >= 0.3 is 0 Å². The Bertz CT molecular complexity index is 743. The summed E-state index contributed by atoms with van der Waals surface area (Å²) in [5.41, 5.74) is 2.33. The van der Waals surface area contributed by atoms with Crippen LogP contribution in [0.5, 0.6) is 0 Å². The average Bonchev–Trinajstić information content (AvgIpc) is 2.52. The van der Waals surface area contributed by atoms with Crippen LogP contribution >= 0.6 is 0 Å². The van der Waals surface area contributed by atoms with Crippen LogP contribution in [0.4, 0.5) is 0 Å². The highest BCUT2D eigenvalue weighted by Crippen LogP contribution is 2.16. The first-order valence-corrected chi connectivity index (χ1v) is 6.11. The number of terminal acetylenes is 1. The van der Waals surface area contributed by atoms with Gasteiger partial charge in [-0.3, -0.25) is 0 Å². The van der Waals surface area contributed by atoms with Crippen molar-refractivity contribution in [2.75, 3.05) is 0 Å². The number of aliphatic hydroxyl groups is 1. The molecule has 1 N–H and O–H groups in total. The van der Waals surface area contributed by atoms with E-state index >= 15 is 0 Å². The molecule has 0 fully saturated rings. The molecule has 0 aliphatic carbocycles. The maximum absolute atomic E-state index is 9.99. The standard InChI is InChI=1S/C19H12O/c1-2-3-13-19(20)18-12-8-7-11-17(18)15-14-16-9-5-4-6-10-16/h1,4-12,19-20H. The first kappa shape index (κ1) is 13.5. The molecule has 0 saturated carbocycles. The van der Waals surface area contributed by atoms with E-state index in [9.17, 15) is 5.11 Å². The van der Waals surface area contributed by atoms with E-state index in [0.717, 1.165) is 11.1 Å². The molecular formula is C19H12O. The fourth-order valence-corrected chi connectivity index (χ4v) is 1.70. The van der Waals surface area contributed by atoms with E-state index in [0.29, 0.717) is 5.56 Å². The second-order valence-electron chi connectivity index (χ2n) is 4.02. The Labute approximate surface area is 119 Å². The molecule has 0 aliphatic heterocycles. The van der Waals surface area contributed by atoms with Crippen LogP contribution < -0.4 is 0 Å². The minimum Gasteiger partial charge on any atom is -0.376 e. The van der Waals surface area contributed by atoms with Gasteiger partial charge in [-0.05, 0) is 30.0 Å². The molecular weight excluding hydrogens is 244 g/mol. The molecule has 2 rings (SSSR count). The summed E-state index contributed by atoms with van der Waals surface area (Å²) in [7, 11) is 0. The summed E-state index contributed by atoms with van der Waals surface area (Å²) < 4.78 is 0. The number of hydrogen-bond donors (Lipinski definition) is 1. The predicted octanol–water partition coefficient (Wildman–Crippen LogP) is 2.76. The van der Waals surface area contributed by atoms with Crippen molar-refractivity contribution in [1.82, 2.24) is 0 Å². The van der Waals surface area contributed by atoms with Crippen LogP contribution in [0.1, 0.15) is 22.8 Å². The minimum atomic E-state index is -0.924. The molecule has 94 valence electrons. The normalized spacial score (nSPS) is 10.2. The molecule has 0 bridgehead atoms. The third kappa shape index (κ3) is 3.54. The van der Waals surface area contributed by atoms with Crippen LogP contribution in [-0.4, -0.2) is 5.11 Å². The van der Waals surface area contributed by atoms with E-state index in [1.807, 2.05) is 48.5 Å². The van der Waals surface area contributed by atoms with Gasteiger partial charge in [-0.1, -0.05) is 54.2 Å². The van der Waals surface area contributed by atoms with Gasteiger partial charge in [-0.25, -0.2) is 0 Å². The molecule has 1 atom stereocenters. The van der Waals surface area contributed by atoms with Gasteiger partial charge < -0.3 is 5.11 Å². The lowest BCUT2D eigenvalue weighted by molar-refractivity contribution is 0.238. The summed E-state index contributed by atoms with van der Waals surface area (Å²) in [6.45, 7) is 0. The SMILES string of the molecule is C#CC#CC(O)c1ccccc1C#Cc1ccccc1. The van der Waals surface area contributed by atoms with Crippen molar-refractivity contribution >= 4 is 0 Å². The molecule has 0 amide bonds. The average molecular weight is 256 g/mol. The lowest BCUT2D eigenvalue weighted by Crippen LogP contribution is -1.97. The van der Waals surface area contributed by atoms with Crippen molar-refractivity contribution < 1.29 is 5.11 Å². The lowest BCUT2D eigenvalue weighted by Gasteiger charge is -2.05. The summed E-state index contributed by atoms with van der Waals surface area (Å²) in [5.74, 6) is 13.3. The summed E-state index contributed by atoms with van der Waals surface area (Å²) in [4.78, 5) is 0. The van der Waals surface area contributed by atoms with Crippen LogP contribution in [-0.2, 0) is 0 Å². The van der Waals surface area contributed by atoms with Gasteiger partial charge in [-0.2, -0.15) is 0 Å². The highest BCUT2D eigenvalue weighted by molar-refractivity contribution is 5.48. The van der Waals surface area contributed by atoms with E-state index in [-0.39, 0.29) is 0 Å². The third-order valence-electron chi connectivity index (χ3n) is 2.65. The Balaban J connectivity index is 2.35. The van der Waals surface area contributed by atoms with Crippen molar-refractivity contribution in [3.05, 3.63) is 71.3 Å². The first-order chi connectivity index (χ1) is 9.81. The number of rotatable bonds is 1. The number of hydrogen-bond acceptors (Lipinski definition) is 1. The maximum Gasteiger partial charge on any atom is 0.142 e. The summed E-state index contributed by atoms with van der Waals surface area (Å²) in [5, 5.41) is 9.99. The highest BCUT2D eigenvalue weighted by atomic mass is 16.3. The van der Waals surface area contributed by atoms with Crippen LogP contribution in [0.2, 0.25) is 0 Å². The highest BCUT2D eigenvalue weighted by Gasteiger charge is 2.07. The molecule has 1 nitrogen and oxygen atoms in total. The minimum absolute atomic E-state index is 0.665. The molecule has 0 aliphatic rings. The maximum atomic E-state index is 9.99. The van der Waals surface area contributed by atoms with Gasteiger partial charge in [0.25, 0.3) is 0 Å². The lowest BCUT2D eigenvalue weighted by atomic mass is 10.0. The fourth-order valence-electron chi connectivity index (χ4n) is 1.70. The van der Waals surface area contributed by atoms with E-state index < -0.39 is 6.10 Å². The molecule has 1 unspecified atom stereocenters. The van der Waals surface area contributed by atoms with Gasteiger partial charge in [0.15, 0.2) is 0 Å². The fraction of sp³-hybridized carbons (Fsp3) is 0.0526. The Kier molecular flexibility index (Phi) is 4.64. The second kappa shape index (κ2) is 6.86. The monoisotopic (exact) mass is 256 g/mol. The Morgan fingerprint density at radius 2 is 1.60 bits per heavy atom. The quantitative estimate of drug-likeness (QED) is 0.778. The summed E-state index contributed by atoms with van der Waals surface area (Å²) in [6.07, 6.45) is 4.14. The zero-order valence-electron chi connectivity index (χ0n) is 10.8. The van der Waals surface area contributed by atoms with Crippen molar-refractivity contribution in [3.8, 4) is 36.0 Å². The Hall–Kier alpha value is -2.92. The largest absolute Gasteiger partial charge is 0.376 e. The molecule has 2 aromatic rings. The molecule has 0 saturated heterocycles. The van der Waals surface area contributed by atoms with Gasteiger partial charge in [0.05, 0.1) is 0 Å². The predicted molar refractivity (Wildman–Crippen MR) is 80.4 cm³/mol. The zero-order valence-corrected chi connectivity index (χ0v) is 10.8. The third-order valence-corrected chi connectivity index (χ3v) is 2.65. The molecule has 20 heavy (non-hydrogen) atoms.